The summed E-state index contributed by atoms with van der Waals surface area (Å²) < 4.78 is 10.1. The van der Waals surface area contributed by atoms with Crippen molar-refractivity contribution >= 4 is 28.7 Å². The van der Waals surface area contributed by atoms with Gasteiger partial charge in [-0.2, -0.15) is 0 Å². The van der Waals surface area contributed by atoms with Gasteiger partial charge in [-0.3, -0.25) is 9.78 Å². The molecule has 2 aromatic carbocycles. The Morgan fingerprint density at radius 3 is 2.38 bits per heavy atom. The molecule has 1 heterocycles. The van der Waals surface area contributed by atoms with E-state index in [0.29, 0.717) is 16.5 Å². The summed E-state index contributed by atoms with van der Waals surface area (Å²) in [4.78, 5) is 41.9. The lowest BCUT2D eigenvalue weighted by Crippen LogP contribution is -2.44. The molecule has 0 spiro atoms. The monoisotopic (exact) mass is 434 g/mol. The van der Waals surface area contributed by atoms with Gasteiger partial charge in [0.25, 0.3) is 5.91 Å². The number of hydrogen-bond acceptors (Lipinski definition) is 6. The van der Waals surface area contributed by atoms with E-state index in [2.05, 4.69) is 10.3 Å². The Morgan fingerprint density at radius 1 is 1.00 bits per heavy atom. The van der Waals surface area contributed by atoms with Crippen LogP contribution < -0.4 is 5.32 Å². The lowest BCUT2D eigenvalue weighted by Gasteiger charge is -2.17. The third kappa shape index (κ3) is 5.69. The highest BCUT2D eigenvalue weighted by Crippen LogP contribution is 2.23. The summed E-state index contributed by atoms with van der Waals surface area (Å²) in [6.45, 7) is 3.45. The number of pyridine rings is 1. The minimum atomic E-state index is -0.886. The van der Waals surface area contributed by atoms with Crippen molar-refractivity contribution in [2.45, 2.75) is 32.2 Å². The van der Waals surface area contributed by atoms with E-state index in [4.69, 9.17) is 9.47 Å². The number of para-hydroxylation sites is 1. The number of carbonyl (C=O) groups is 3. The molecule has 1 unspecified atom stereocenters. The molecule has 3 rings (SSSR count). The molecule has 7 nitrogen and oxygen atoms in total. The first-order valence-corrected chi connectivity index (χ1v) is 10.4. The molecule has 0 aliphatic carbocycles. The van der Waals surface area contributed by atoms with Crippen LogP contribution in [0.2, 0.25) is 0 Å². The van der Waals surface area contributed by atoms with E-state index in [-0.39, 0.29) is 12.3 Å². The van der Waals surface area contributed by atoms with E-state index in [1.165, 1.54) is 7.11 Å². The molecule has 0 radical (unpaired) electrons. The Morgan fingerprint density at radius 2 is 1.69 bits per heavy atom. The molecule has 1 atom stereocenters. The number of carbonyl (C=O) groups excluding carboxylic acids is 3. The van der Waals surface area contributed by atoms with Crippen molar-refractivity contribution < 1.29 is 23.9 Å². The summed E-state index contributed by atoms with van der Waals surface area (Å²) in [5.74, 6) is -1.67. The normalized spacial score (nSPS) is 11.8. The summed E-state index contributed by atoms with van der Waals surface area (Å²) in [5.41, 5.74) is 2.66. The van der Waals surface area contributed by atoms with Gasteiger partial charge in [-0.05, 0) is 23.6 Å². The van der Waals surface area contributed by atoms with Crippen LogP contribution in [0.4, 0.5) is 0 Å². The van der Waals surface area contributed by atoms with Crippen LogP contribution >= 0.6 is 0 Å². The zero-order valence-electron chi connectivity index (χ0n) is 18.3. The molecule has 32 heavy (non-hydrogen) atoms. The molecule has 0 fully saturated rings. The van der Waals surface area contributed by atoms with Gasteiger partial charge in [-0.1, -0.05) is 62.4 Å². The third-order valence-corrected chi connectivity index (χ3v) is 4.99. The minimum Gasteiger partial charge on any atom is -0.467 e. The molecule has 1 amide bonds. The topological polar surface area (TPSA) is 94.6 Å². The van der Waals surface area contributed by atoms with Crippen LogP contribution in [0.25, 0.3) is 10.9 Å². The lowest BCUT2D eigenvalue weighted by molar-refractivity contribution is -0.145. The predicted molar refractivity (Wildman–Crippen MR) is 120 cm³/mol. The number of nitrogens with zero attached hydrogens (tertiary/aromatic N) is 1. The molecule has 1 aromatic heterocycles. The maximum Gasteiger partial charge on any atom is 0.339 e. The maximum absolute atomic E-state index is 12.8. The highest BCUT2D eigenvalue weighted by molar-refractivity contribution is 6.04. The Labute approximate surface area is 186 Å². The quantitative estimate of drug-likeness (QED) is 0.546. The van der Waals surface area contributed by atoms with Crippen LogP contribution in [-0.4, -0.2) is 42.6 Å². The van der Waals surface area contributed by atoms with Gasteiger partial charge in [0.1, 0.15) is 6.04 Å². The smallest absolute Gasteiger partial charge is 0.339 e. The van der Waals surface area contributed by atoms with Gasteiger partial charge in [0.15, 0.2) is 6.61 Å². The summed E-state index contributed by atoms with van der Waals surface area (Å²) in [6, 6.07) is 17.3. The molecular formula is C25H26N2O5. The first-order chi connectivity index (χ1) is 15.4. The summed E-state index contributed by atoms with van der Waals surface area (Å²) in [6.07, 6.45) is 0.264. The second-order valence-electron chi connectivity index (χ2n) is 7.68. The Hall–Kier alpha value is -3.74. The fourth-order valence-electron chi connectivity index (χ4n) is 3.29. The minimum absolute atomic E-state index is 0.119. The van der Waals surface area contributed by atoms with Crippen molar-refractivity contribution in [3.8, 4) is 0 Å². The maximum atomic E-state index is 12.8. The highest BCUT2D eigenvalue weighted by atomic mass is 16.5. The van der Waals surface area contributed by atoms with Crippen molar-refractivity contribution in [3.05, 3.63) is 77.5 Å². The van der Waals surface area contributed by atoms with Gasteiger partial charge < -0.3 is 14.8 Å². The number of amides is 1. The van der Waals surface area contributed by atoms with Crippen molar-refractivity contribution in [2.24, 2.45) is 0 Å². The molecule has 166 valence electrons. The van der Waals surface area contributed by atoms with E-state index < -0.39 is 30.5 Å². The van der Waals surface area contributed by atoms with Crippen LogP contribution in [0.5, 0.6) is 0 Å². The predicted octanol–water partition coefficient (Wildman–Crippen LogP) is 3.42. The van der Waals surface area contributed by atoms with Crippen LogP contribution in [-0.2, 0) is 25.5 Å². The van der Waals surface area contributed by atoms with Gasteiger partial charge in [0.05, 0.1) is 18.2 Å². The van der Waals surface area contributed by atoms with Crippen LogP contribution in [0.3, 0.4) is 0 Å². The van der Waals surface area contributed by atoms with Crippen molar-refractivity contribution in [1.82, 2.24) is 10.3 Å². The largest absolute Gasteiger partial charge is 0.467 e. The van der Waals surface area contributed by atoms with Crippen LogP contribution in [0, 0.1) is 0 Å². The van der Waals surface area contributed by atoms with Crippen molar-refractivity contribution in [3.63, 3.8) is 0 Å². The molecule has 0 aliphatic rings. The number of benzene rings is 2. The Bertz CT molecular complexity index is 1110. The molecule has 0 aliphatic heterocycles. The molecule has 3 aromatic rings. The number of methoxy groups -OCH3 is 1. The molecule has 0 bridgehead atoms. The standard InChI is InChI=1S/C25H26N2O5/c1-16(2)21-14-19(18-11-7-8-12-20(18)26-21)24(29)32-15-23(28)27-22(25(30)31-3)13-17-9-5-4-6-10-17/h4-12,14,16,22H,13,15H2,1-3H3,(H,27,28). The second-order valence-corrected chi connectivity index (χ2v) is 7.68. The second kappa shape index (κ2) is 10.5. The van der Waals surface area contributed by atoms with E-state index in [1.54, 1.807) is 12.1 Å². The Kier molecular flexibility index (Phi) is 7.54. The van der Waals surface area contributed by atoms with E-state index in [9.17, 15) is 14.4 Å². The van der Waals surface area contributed by atoms with Crippen LogP contribution in [0.15, 0.2) is 60.7 Å². The van der Waals surface area contributed by atoms with Crippen molar-refractivity contribution in [2.75, 3.05) is 13.7 Å². The lowest BCUT2D eigenvalue weighted by atomic mass is 10.0. The first kappa shape index (κ1) is 22.9. The number of nitrogens with one attached hydrogen (secondary N) is 1. The van der Waals surface area contributed by atoms with E-state index in [1.807, 2.05) is 62.4 Å². The average Bonchev–Trinajstić information content (AvgIpc) is 2.81. The number of fused-ring (bicyclic) bond motifs is 1. The molecule has 1 N–H and O–H groups in total. The molecular weight excluding hydrogens is 408 g/mol. The highest BCUT2D eigenvalue weighted by Gasteiger charge is 2.23. The number of aromatic nitrogens is 1. The van der Waals surface area contributed by atoms with Gasteiger partial charge >= 0.3 is 11.9 Å². The number of ether oxygens (including phenoxy) is 2. The number of hydrogen-bond donors (Lipinski definition) is 1. The summed E-state index contributed by atoms with van der Waals surface area (Å²) in [5, 5.41) is 3.24. The van der Waals surface area contributed by atoms with Gasteiger partial charge in [-0.15, -0.1) is 0 Å². The number of esters is 2. The van der Waals surface area contributed by atoms with Crippen molar-refractivity contribution in [1.29, 1.82) is 0 Å². The van der Waals surface area contributed by atoms with Gasteiger partial charge in [0, 0.05) is 17.5 Å². The fraction of sp³-hybridized carbons (Fsp3) is 0.280. The van der Waals surface area contributed by atoms with Crippen LogP contribution in [0.1, 0.15) is 41.4 Å². The molecule has 0 saturated carbocycles. The van der Waals surface area contributed by atoms with E-state index in [0.717, 1.165) is 11.3 Å². The van der Waals surface area contributed by atoms with Gasteiger partial charge in [-0.25, -0.2) is 9.59 Å². The fourth-order valence-corrected chi connectivity index (χ4v) is 3.29. The zero-order chi connectivity index (χ0) is 23.1. The number of rotatable bonds is 8. The third-order valence-electron chi connectivity index (χ3n) is 4.99. The van der Waals surface area contributed by atoms with Gasteiger partial charge in [0.2, 0.25) is 0 Å². The SMILES string of the molecule is COC(=O)C(Cc1ccccc1)NC(=O)COC(=O)c1cc(C(C)C)nc2ccccc12. The zero-order valence-corrected chi connectivity index (χ0v) is 18.3. The van der Waals surface area contributed by atoms with E-state index >= 15 is 0 Å². The molecule has 7 heteroatoms. The summed E-state index contributed by atoms with van der Waals surface area (Å²) >= 11 is 0. The first-order valence-electron chi connectivity index (χ1n) is 10.4. The molecule has 0 saturated heterocycles. The summed E-state index contributed by atoms with van der Waals surface area (Å²) in [7, 11) is 1.26. The average molecular weight is 434 g/mol. The Balaban J connectivity index is 1.70.